The Morgan fingerprint density at radius 2 is 1.88 bits per heavy atom. The van der Waals surface area contributed by atoms with Crippen LogP contribution in [0.2, 0.25) is 0 Å². The molecule has 1 rings (SSSR count). The molecule has 1 fully saturated rings. The Morgan fingerprint density at radius 1 is 1.24 bits per heavy atom. The molecule has 3 heteroatoms. The lowest BCUT2D eigenvalue weighted by molar-refractivity contribution is 0.101. The molecular formula is C14H26N2O. The molecule has 0 spiro atoms. The summed E-state index contributed by atoms with van der Waals surface area (Å²) in [5.74, 6) is 0.825. The summed E-state index contributed by atoms with van der Waals surface area (Å²) in [6, 6.07) is 2.65. The predicted molar refractivity (Wildman–Crippen MR) is 69.7 cm³/mol. The summed E-state index contributed by atoms with van der Waals surface area (Å²) in [6.45, 7) is 5.55. The fourth-order valence-corrected chi connectivity index (χ4v) is 2.54. The van der Waals surface area contributed by atoms with Crippen LogP contribution in [0.4, 0.5) is 0 Å². The van der Waals surface area contributed by atoms with Crippen LogP contribution in [0.25, 0.3) is 0 Å². The molecule has 0 heterocycles. The quantitative estimate of drug-likeness (QED) is 0.571. The van der Waals surface area contributed by atoms with E-state index in [0.29, 0.717) is 12.6 Å². The van der Waals surface area contributed by atoms with Crippen LogP contribution in [0.3, 0.4) is 0 Å². The molecule has 0 aromatic carbocycles. The van der Waals surface area contributed by atoms with Gasteiger partial charge in [-0.05, 0) is 32.6 Å². The van der Waals surface area contributed by atoms with Gasteiger partial charge in [-0.25, -0.2) is 0 Å². The molecule has 0 bridgehead atoms. The zero-order valence-electron chi connectivity index (χ0n) is 11.2. The summed E-state index contributed by atoms with van der Waals surface area (Å²) < 4.78 is 5.33. The third kappa shape index (κ3) is 6.05. The molecule has 98 valence electrons. The molecular weight excluding hydrogens is 212 g/mol. The van der Waals surface area contributed by atoms with Crippen molar-refractivity contribution in [2.45, 2.75) is 64.5 Å². The number of ether oxygens (including phenoxy) is 1. The van der Waals surface area contributed by atoms with Gasteiger partial charge in [0.2, 0.25) is 0 Å². The third-order valence-corrected chi connectivity index (χ3v) is 3.72. The molecule has 0 radical (unpaired) electrons. The fraction of sp³-hybridized carbons (Fsp3) is 0.929. The van der Waals surface area contributed by atoms with E-state index in [-0.39, 0.29) is 6.10 Å². The van der Waals surface area contributed by atoms with Gasteiger partial charge in [-0.3, -0.25) is 0 Å². The summed E-state index contributed by atoms with van der Waals surface area (Å²) in [6.07, 6.45) is 8.03. The van der Waals surface area contributed by atoms with Crippen molar-refractivity contribution in [1.29, 1.82) is 5.26 Å². The minimum atomic E-state index is -0.287. The first-order valence-electron chi connectivity index (χ1n) is 6.98. The Kier molecular flexibility index (Phi) is 7.23. The van der Waals surface area contributed by atoms with Crippen molar-refractivity contribution in [3.8, 4) is 6.07 Å². The first-order valence-corrected chi connectivity index (χ1v) is 6.98. The van der Waals surface area contributed by atoms with Crippen molar-refractivity contribution in [2.24, 2.45) is 5.92 Å². The van der Waals surface area contributed by atoms with Crippen LogP contribution in [0.5, 0.6) is 0 Å². The maximum Gasteiger partial charge on any atom is 0.141 e. The van der Waals surface area contributed by atoms with Crippen molar-refractivity contribution >= 4 is 0 Å². The van der Waals surface area contributed by atoms with Gasteiger partial charge in [-0.2, -0.15) is 5.26 Å². The fourth-order valence-electron chi connectivity index (χ4n) is 2.54. The van der Waals surface area contributed by atoms with E-state index in [4.69, 9.17) is 10.00 Å². The highest BCUT2D eigenvalue weighted by Crippen LogP contribution is 2.25. The van der Waals surface area contributed by atoms with Gasteiger partial charge in [-0.1, -0.05) is 25.7 Å². The van der Waals surface area contributed by atoms with Crippen molar-refractivity contribution in [1.82, 2.24) is 5.32 Å². The predicted octanol–water partition coefficient (Wildman–Crippen LogP) is 2.86. The Bertz CT molecular complexity index is 229. The smallest absolute Gasteiger partial charge is 0.141 e. The number of nitrogens with one attached hydrogen (secondary N) is 1. The lowest BCUT2D eigenvalue weighted by Crippen LogP contribution is -2.36. The largest absolute Gasteiger partial charge is 0.362 e. The Hall–Kier alpha value is -0.590. The Morgan fingerprint density at radius 3 is 2.47 bits per heavy atom. The van der Waals surface area contributed by atoms with Crippen LogP contribution in [0.15, 0.2) is 0 Å². The van der Waals surface area contributed by atoms with Crippen LogP contribution >= 0.6 is 0 Å². The second kappa shape index (κ2) is 8.49. The molecule has 0 aliphatic heterocycles. The molecule has 0 aromatic rings. The molecule has 0 amide bonds. The van der Waals surface area contributed by atoms with Gasteiger partial charge in [0.1, 0.15) is 6.10 Å². The van der Waals surface area contributed by atoms with E-state index in [1.165, 1.54) is 38.5 Å². The summed E-state index contributed by atoms with van der Waals surface area (Å²) in [7, 11) is 0. The third-order valence-electron chi connectivity index (χ3n) is 3.72. The van der Waals surface area contributed by atoms with E-state index in [0.717, 1.165) is 12.5 Å². The van der Waals surface area contributed by atoms with Crippen molar-refractivity contribution < 1.29 is 4.74 Å². The number of rotatable bonds is 6. The van der Waals surface area contributed by atoms with Crippen molar-refractivity contribution in [3.05, 3.63) is 0 Å². The van der Waals surface area contributed by atoms with Gasteiger partial charge in [-0.15, -0.1) is 0 Å². The Balaban J connectivity index is 2.11. The van der Waals surface area contributed by atoms with Gasteiger partial charge in [0.15, 0.2) is 0 Å². The highest BCUT2D eigenvalue weighted by atomic mass is 16.5. The second-order valence-corrected chi connectivity index (χ2v) is 5.14. The first kappa shape index (κ1) is 14.5. The molecule has 0 aromatic heterocycles. The normalized spacial score (nSPS) is 21.5. The van der Waals surface area contributed by atoms with Gasteiger partial charge < -0.3 is 10.1 Å². The van der Waals surface area contributed by atoms with E-state index in [9.17, 15) is 0 Å². The monoisotopic (exact) mass is 238 g/mol. The molecule has 1 saturated carbocycles. The number of hydrogen-bond acceptors (Lipinski definition) is 3. The number of nitrogens with zero attached hydrogens (tertiary/aromatic N) is 1. The zero-order valence-corrected chi connectivity index (χ0v) is 11.2. The van der Waals surface area contributed by atoms with E-state index in [1.807, 2.05) is 0 Å². The molecule has 1 unspecified atom stereocenters. The maximum atomic E-state index is 8.58. The highest BCUT2D eigenvalue weighted by Gasteiger charge is 2.18. The van der Waals surface area contributed by atoms with Gasteiger partial charge in [0.05, 0.1) is 12.7 Å². The van der Waals surface area contributed by atoms with Crippen LogP contribution < -0.4 is 5.32 Å². The van der Waals surface area contributed by atoms with Gasteiger partial charge >= 0.3 is 0 Å². The lowest BCUT2D eigenvalue weighted by atomic mass is 9.93. The van der Waals surface area contributed by atoms with E-state index in [2.05, 4.69) is 18.3 Å². The van der Waals surface area contributed by atoms with E-state index < -0.39 is 0 Å². The summed E-state index contributed by atoms with van der Waals surface area (Å²) in [5, 5.41) is 12.1. The van der Waals surface area contributed by atoms with Crippen LogP contribution in [0, 0.1) is 17.2 Å². The minimum absolute atomic E-state index is 0.287. The topological polar surface area (TPSA) is 45.0 Å². The summed E-state index contributed by atoms with van der Waals surface area (Å²) >= 11 is 0. The van der Waals surface area contributed by atoms with Crippen LogP contribution in [-0.2, 0) is 4.74 Å². The van der Waals surface area contributed by atoms with Crippen LogP contribution in [-0.4, -0.2) is 25.3 Å². The summed E-state index contributed by atoms with van der Waals surface area (Å²) in [4.78, 5) is 0. The number of nitriles is 1. The first-order chi connectivity index (χ1) is 8.24. The van der Waals surface area contributed by atoms with E-state index >= 15 is 0 Å². The van der Waals surface area contributed by atoms with Crippen molar-refractivity contribution in [3.63, 3.8) is 0 Å². The molecule has 0 saturated heterocycles. The summed E-state index contributed by atoms with van der Waals surface area (Å²) in [5.41, 5.74) is 0. The van der Waals surface area contributed by atoms with Crippen LogP contribution in [0.1, 0.15) is 52.4 Å². The highest BCUT2D eigenvalue weighted by molar-refractivity contribution is 4.79. The SMILES string of the molecule is CC(C#N)OCCN[C@@H](C)C1CCCCCC1. The molecule has 17 heavy (non-hydrogen) atoms. The van der Waals surface area contributed by atoms with Gasteiger partial charge in [0, 0.05) is 12.6 Å². The molecule has 3 nitrogen and oxygen atoms in total. The molecule has 1 N–H and O–H groups in total. The average Bonchev–Trinajstić information content (AvgIpc) is 2.62. The second-order valence-electron chi connectivity index (χ2n) is 5.14. The molecule has 2 atom stereocenters. The average molecular weight is 238 g/mol. The Labute approximate surface area is 106 Å². The molecule has 1 aliphatic carbocycles. The minimum Gasteiger partial charge on any atom is -0.362 e. The lowest BCUT2D eigenvalue weighted by Gasteiger charge is -2.23. The van der Waals surface area contributed by atoms with Crippen molar-refractivity contribution in [2.75, 3.05) is 13.2 Å². The van der Waals surface area contributed by atoms with E-state index in [1.54, 1.807) is 6.92 Å². The standard InChI is InChI=1S/C14H26N2O/c1-12(11-15)17-10-9-16-13(2)14-7-5-3-4-6-8-14/h12-14,16H,3-10H2,1-2H3/t12?,13-/m0/s1. The zero-order chi connectivity index (χ0) is 12.5. The maximum absolute atomic E-state index is 8.58. The van der Waals surface area contributed by atoms with Gasteiger partial charge in [0.25, 0.3) is 0 Å². The molecule has 1 aliphatic rings. The number of hydrogen-bond donors (Lipinski definition) is 1.